The quantitative estimate of drug-likeness (QED) is 0.700. The Bertz CT molecular complexity index is 824. The summed E-state index contributed by atoms with van der Waals surface area (Å²) in [6, 6.07) is 10.4. The number of furan rings is 1. The molecule has 0 unspecified atom stereocenters. The van der Waals surface area contributed by atoms with Gasteiger partial charge in [-0.3, -0.25) is 4.90 Å². The van der Waals surface area contributed by atoms with Crippen molar-refractivity contribution in [2.24, 2.45) is 5.92 Å². The van der Waals surface area contributed by atoms with E-state index in [-0.39, 0.29) is 0 Å². The van der Waals surface area contributed by atoms with E-state index in [2.05, 4.69) is 33.2 Å². The first-order chi connectivity index (χ1) is 12.3. The lowest BCUT2D eigenvalue weighted by atomic mass is 9.93. The molecule has 0 radical (unpaired) electrons. The van der Waals surface area contributed by atoms with Crippen molar-refractivity contribution in [3.63, 3.8) is 0 Å². The van der Waals surface area contributed by atoms with E-state index in [0.29, 0.717) is 11.8 Å². The number of hydrogen-bond acceptors (Lipinski definition) is 5. The molecule has 1 saturated carbocycles. The Morgan fingerprint density at radius 3 is 2.72 bits per heavy atom. The third kappa shape index (κ3) is 3.33. The third-order valence-electron chi connectivity index (χ3n) is 5.44. The Morgan fingerprint density at radius 2 is 1.92 bits per heavy atom. The smallest absolute Gasteiger partial charge is 0.229 e. The van der Waals surface area contributed by atoms with Crippen molar-refractivity contribution in [2.45, 2.75) is 44.6 Å². The van der Waals surface area contributed by atoms with Crippen molar-refractivity contribution in [3.05, 3.63) is 47.8 Å². The lowest BCUT2D eigenvalue weighted by Crippen LogP contribution is -2.33. The fourth-order valence-corrected chi connectivity index (χ4v) is 3.79. The van der Waals surface area contributed by atoms with E-state index in [0.717, 1.165) is 49.1 Å². The molecule has 5 rings (SSSR count). The minimum Gasteiger partial charge on any atom is -0.460 e. The molecule has 3 aromatic rings. The van der Waals surface area contributed by atoms with E-state index >= 15 is 0 Å². The van der Waals surface area contributed by atoms with Gasteiger partial charge < -0.3 is 8.94 Å². The van der Waals surface area contributed by atoms with Gasteiger partial charge in [0.15, 0.2) is 5.82 Å². The first-order valence-corrected chi connectivity index (χ1v) is 9.36. The summed E-state index contributed by atoms with van der Waals surface area (Å²) < 4.78 is 11.3. The third-order valence-corrected chi connectivity index (χ3v) is 5.44. The molecule has 3 heterocycles. The van der Waals surface area contributed by atoms with Gasteiger partial charge in [-0.15, -0.1) is 0 Å². The Hall–Kier alpha value is -2.14. The highest BCUT2D eigenvalue weighted by Crippen LogP contribution is 2.39. The van der Waals surface area contributed by atoms with Crippen LogP contribution in [0.3, 0.4) is 0 Å². The highest BCUT2D eigenvalue weighted by Gasteiger charge is 2.30. The molecule has 2 fully saturated rings. The molecule has 0 atom stereocenters. The van der Waals surface area contributed by atoms with Gasteiger partial charge in [-0.2, -0.15) is 4.98 Å². The van der Waals surface area contributed by atoms with Crippen LogP contribution >= 0.6 is 0 Å². The van der Waals surface area contributed by atoms with Crippen LogP contribution in [0.4, 0.5) is 0 Å². The molecule has 1 aliphatic carbocycles. The van der Waals surface area contributed by atoms with Crippen LogP contribution in [0.15, 0.2) is 39.3 Å². The standard InChI is InChI=1S/C20H23N3O2/c1-2-4-18-16(3-1)12-17(24-18)13-23-9-7-14(8-10-23)11-19-21-20(25-22-19)15-5-6-15/h1-4,12,14-15H,5-11,13H2. The number of benzene rings is 1. The molecular weight excluding hydrogens is 314 g/mol. The Labute approximate surface area is 147 Å². The van der Waals surface area contributed by atoms with Crippen LogP contribution < -0.4 is 0 Å². The van der Waals surface area contributed by atoms with Crippen LogP contribution in [0.2, 0.25) is 0 Å². The monoisotopic (exact) mass is 337 g/mol. The van der Waals surface area contributed by atoms with Crippen LogP contribution in [-0.2, 0) is 13.0 Å². The molecule has 25 heavy (non-hydrogen) atoms. The number of fused-ring (bicyclic) bond motifs is 1. The van der Waals surface area contributed by atoms with Crippen molar-refractivity contribution in [3.8, 4) is 0 Å². The summed E-state index contributed by atoms with van der Waals surface area (Å²) in [5.74, 6) is 4.03. The number of hydrogen-bond donors (Lipinski definition) is 0. The van der Waals surface area contributed by atoms with Crippen LogP contribution in [0.1, 0.15) is 49.1 Å². The van der Waals surface area contributed by atoms with Gasteiger partial charge in [0, 0.05) is 17.7 Å². The Balaban J connectivity index is 1.15. The molecule has 1 saturated heterocycles. The SMILES string of the molecule is c1ccc2oc(CN3CCC(Cc4noc(C5CC5)n4)CC3)cc2c1. The first-order valence-electron chi connectivity index (χ1n) is 9.36. The number of para-hydroxylation sites is 1. The first kappa shape index (κ1) is 15.1. The molecule has 1 aliphatic heterocycles. The molecule has 2 aromatic heterocycles. The molecule has 0 amide bonds. The zero-order valence-electron chi connectivity index (χ0n) is 14.4. The van der Waals surface area contributed by atoms with E-state index in [1.807, 2.05) is 12.1 Å². The van der Waals surface area contributed by atoms with E-state index in [9.17, 15) is 0 Å². The number of rotatable bonds is 5. The second-order valence-corrected chi connectivity index (χ2v) is 7.50. The zero-order valence-corrected chi connectivity index (χ0v) is 14.4. The van der Waals surface area contributed by atoms with Crippen LogP contribution in [0.5, 0.6) is 0 Å². The Morgan fingerprint density at radius 1 is 1.08 bits per heavy atom. The van der Waals surface area contributed by atoms with Gasteiger partial charge in [0.1, 0.15) is 11.3 Å². The van der Waals surface area contributed by atoms with Gasteiger partial charge in [0.25, 0.3) is 0 Å². The van der Waals surface area contributed by atoms with Gasteiger partial charge in [-0.05, 0) is 56.8 Å². The Kier molecular flexibility index (Phi) is 3.82. The van der Waals surface area contributed by atoms with Crippen LogP contribution in [0.25, 0.3) is 11.0 Å². The predicted molar refractivity (Wildman–Crippen MR) is 94.2 cm³/mol. The summed E-state index contributed by atoms with van der Waals surface area (Å²) in [6.07, 6.45) is 5.75. The van der Waals surface area contributed by atoms with Crippen LogP contribution in [-0.4, -0.2) is 28.1 Å². The highest BCUT2D eigenvalue weighted by molar-refractivity contribution is 5.77. The normalized spacial score (nSPS) is 19.7. The molecule has 5 nitrogen and oxygen atoms in total. The summed E-state index contributed by atoms with van der Waals surface area (Å²) in [5.41, 5.74) is 0.982. The maximum atomic E-state index is 5.95. The van der Waals surface area contributed by atoms with E-state index in [1.54, 1.807) is 0 Å². The average molecular weight is 337 g/mol. The van der Waals surface area contributed by atoms with Crippen LogP contribution in [0, 0.1) is 5.92 Å². The summed E-state index contributed by atoms with van der Waals surface area (Å²) >= 11 is 0. The van der Waals surface area contributed by atoms with Gasteiger partial charge in [0.2, 0.25) is 5.89 Å². The lowest BCUT2D eigenvalue weighted by Gasteiger charge is -2.30. The second kappa shape index (κ2) is 6.30. The molecular formula is C20H23N3O2. The molecule has 1 aromatic carbocycles. The summed E-state index contributed by atoms with van der Waals surface area (Å²) in [4.78, 5) is 7.06. The van der Waals surface area contributed by atoms with E-state index < -0.39 is 0 Å². The lowest BCUT2D eigenvalue weighted by molar-refractivity contribution is 0.166. The van der Waals surface area contributed by atoms with Crippen molar-refractivity contribution in [1.29, 1.82) is 0 Å². The average Bonchev–Trinajstić information content (AvgIpc) is 3.24. The largest absolute Gasteiger partial charge is 0.460 e. The molecule has 0 N–H and O–H groups in total. The maximum absolute atomic E-state index is 5.95. The molecule has 0 bridgehead atoms. The van der Waals surface area contributed by atoms with E-state index in [1.165, 1.54) is 31.1 Å². The summed E-state index contributed by atoms with van der Waals surface area (Å²) in [5, 5.41) is 5.36. The van der Waals surface area contributed by atoms with Gasteiger partial charge in [-0.1, -0.05) is 23.4 Å². The van der Waals surface area contributed by atoms with Crippen molar-refractivity contribution < 1.29 is 8.94 Å². The number of aromatic nitrogens is 2. The molecule has 130 valence electrons. The molecule has 2 aliphatic rings. The zero-order chi connectivity index (χ0) is 16.6. The minimum atomic E-state index is 0.548. The second-order valence-electron chi connectivity index (χ2n) is 7.50. The topological polar surface area (TPSA) is 55.3 Å². The fourth-order valence-electron chi connectivity index (χ4n) is 3.79. The van der Waals surface area contributed by atoms with E-state index in [4.69, 9.17) is 8.94 Å². The predicted octanol–water partition coefficient (Wildman–Crippen LogP) is 4.15. The molecule has 0 spiro atoms. The van der Waals surface area contributed by atoms with Gasteiger partial charge >= 0.3 is 0 Å². The molecule has 5 heteroatoms. The number of nitrogens with zero attached hydrogens (tertiary/aromatic N) is 3. The van der Waals surface area contributed by atoms with Gasteiger partial charge in [-0.25, -0.2) is 0 Å². The van der Waals surface area contributed by atoms with Gasteiger partial charge in [0.05, 0.1) is 6.54 Å². The maximum Gasteiger partial charge on any atom is 0.229 e. The number of likely N-dealkylation sites (tertiary alicyclic amines) is 1. The number of piperidine rings is 1. The summed E-state index contributed by atoms with van der Waals surface area (Å²) in [6.45, 7) is 3.11. The minimum absolute atomic E-state index is 0.548. The van der Waals surface area contributed by atoms with Crippen molar-refractivity contribution >= 4 is 11.0 Å². The highest BCUT2D eigenvalue weighted by atomic mass is 16.5. The van der Waals surface area contributed by atoms with Crippen molar-refractivity contribution in [1.82, 2.24) is 15.0 Å². The fraction of sp³-hybridized carbons (Fsp3) is 0.500. The van der Waals surface area contributed by atoms with Crippen molar-refractivity contribution in [2.75, 3.05) is 13.1 Å². The summed E-state index contributed by atoms with van der Waals surface area (Å²) in [7, 11) is 0.